The molecule has 7 rings (SSSR count). The summed E-state index contributed by atoms with van der Waals surface area (Å²) in [6.45, 7) is 3.90. The molecule has 2 aliphatic carbocycles. The highest BCUT2D eigenvalue weighted by Crippen LogP contribution is 2.50. The second-order valence-corrected chi connectivity index (χ2v) is 12.6. The lowest BCUT2D eigenvalue weighted by Crippen LogP contribution is -2.43. The van der Waals surface area contributed by atoms with E-state index in [1.165, 1.54) is 17.8 Å². The number of carboxylic acid groups (broad SMARTS) is 1. The molecule has 0 bridgehead atoms. The molecule has 204 valence electrons. The van der Waals surface area contributed by atoms with Crippen LogP contribution in [-0.4, -0.2) is 39.9 Å². The Kier molecular flexibility index (Phi) is 7.41. The highest BCUT2D eigenvalue weighted by atomic mass is 35.5. The van der Waals surface area contributed by atoms with Gasteiger partial charge in [-0.1, -0.05) is 34.4 Å². The Morgan fingerprint density at radius 2 is 1.97 bits per heavy atom. The van der Waals surface area contributed by atoms with Crippen LogP contribution in [0.15, 0.2) is 46.4 Å². The van der Waals surface area contributed by atoms with E-state index in [9.17, 15) is 4.79 Å². The predicted octanol–water partition coefficient (Wildman–Crippen LogP) is 7.57. The molecule has 1 atom stereocenters. The SMILES string of the molecule is CC1CC2(CN1)CC(OCc1c(-c3c(Cl)cccc3Cl)noc1C1CC1)C2.O=C(O)c1ccc2ncsc2c1. The molecule has 1 unspecified atom stereocenters. The van der Waals surface area contributed by atoms with Gasteiger partial charge in [-0.3, -0.25) is 0 Å². The first-order valence-corrected chi connectivity index (χ1v) is 14.8. The molecule has 10 heteroatoms. The second kappa shape index (κ2) is 10.8. The maximum Gasteiger partial charge on any atom is 0.335 e. The summed E-state index contributed by atoms with van der Waals surface area (Å²) in [6, 6.07) is 11.1. The van der Waals surface area contributed by atoms with Crippen LogP contribution < -0.4 is 5.32 Å². The van der Waals surface area contributed by atoms with Crippen molar-refractivity contribution in [3.8, 4) is 11.3 Å². The standard InChI is InChI=1S/C21H24Cl2N2O2.C8H5NO2S/c1-12-7-21(11-24-12)8-14(9-21)26-10-15-19(25-27-20(15)13-5-6-13)18-16(22)3-2-4-17(18)23;10-8(11)5-1-2-6-7(3-5)12-4-9-6/h2-4,12-14,24H,5-11H2,1H3;1-4H,(H,10,11). The van der Waals surface area contributed by atoms with Crippen LogP contribution in [0.2, 0.25) is 10.0 Å². The van der Waals surface area contributed by atoms with Crippen molar-refractivity contribution in [1.82, 2.24) is 15.5 Å². The summed E-state index contributed by atoms with van der Waals surface area (Å²) in [4.78, 5) is 14.6. The molecule has 3 fully saturated rings. The number of aromatic carboxylic acids is 1. The molecule has 2 saturated carbocycles. The maximum atomic E-state index is 10.6. The van der Waals surface area contributed by atoms with Gasteiger partial charge in [-0.05, 0) is 74.8 Å². The summed E-state index contributed by atoms with van der Waals surface area (Å²) in [6.07, 6.45) is 6.14. The first-order valence-electron chi connectivity index (χ1n) is 13.2. The lowest BCUT2D eigenvalue weighted by molar-refractivity contribution is -0.0810. The van der Waals surface area contributed by atoms with Crippen molar-refractivity contribution in [3.63, 3.8) is 0 Å². The van der Waals surface area contributed by atoms with Gasteiger partial charge in [0.15, 0.2) is 0 Å². The minimum Gasteiger partial charge on any atom is -0.478 e. The predicted molar refractivity (Wildman–Crippen MR) is 153 cm³/mol. The van der Waals surface area contributed by atoms with E-state index in [1.807, 2.05) is 18.2 Å². The number of carbonyl (C=O) groups is 1. The fraction of sp³-hybridized carbons (Fsp3) is 0.414. The fourth-order valence-electron chi connectivity index (χ4n) is 5.76. The number of hydrogen-bond acceptors (Lipinski definition) is 7. The summed E-state index contributed by atoms with van der Waals surface area (Å²) < 4.78 is 12.9. The normalized spacial score (nSPS) is 24.0. The van der Waals surface area contributed by atoms with E-state index in [0.717, 1.165) is 65.0 Å². The Labute approximate surface area is 240 Å². The van der Waals surface area contributed by atoms with E-state index in [2.05, 4.69) is 22.4 Å². The van der Waals surface area contributed by atoms with Gasteiger partial charge >= 0.3 is 5.97 Å². The summed E-state index contributed by atoms with van der Waals surface area (Å²) in [5.41, 5.74) is 5.82. The van der Waals surface area contributed by atoms with Crippen molar-refractivity contribution in [2.75, 3.05) is 6.54 Å². The van der Waals surface area contributed by atoms with Gasteiger partial charge in [0, 0.05) is 29.6 Å². The van der Waals surface area contributed by atoms with Crippen LogP contribution in [0.4, 0.5) is 0 Å². The molecule has 3 heterocycles. The number of aromatic nitrogens is 2. The van der Waals surface area contributed by atoms with Crippen LogP contribution in [0, 0.1) is 5.41 Å². The van der Waals surface area contributed by atoms with Gasteiger partial charge in [-0.15, -0.1) is 11.3 Å². The third-order valence-electron chi connectivity index (χ3n) is 7.89. The molecule has 0 radical (unpaired) electrons. The Hall–Kier alpha value is -2.49. The van der Waals surface area contributed by atoms with Crippen LogP contribution in [-0.2, 0) is 11.3 Å². The number of ether oxygens (including phenoxy) is 1. The number of thiazole rings is 1. The molecule has 3 aliphatic rings. The molecule has 2 N–H and O–H groups in total. The lowest BCUT2D eigenvalue weighted by atomic mass is 9.65. The minimum atomic E-state index is -0.898. The minimum absolute atomic E-state index is 0.312. The molecule has 1 spiro atoms. The Balaban J connectivity index is 0.000000193. The molecule has 1 saturated heterocycles. The van der Waals surface area contributed by atoms with Crippen molar-refractivity contribution in [1.29, 1.82) is 0 Å². The number of nitrogens with zero attached hydrogens (tertiary/aromatic N) is 2. The van der Waals surface area contributed by atoms with Crippen molar-refractivity contribution in [3.05, 3.63) is 68.8 Å². The third kappa shape index (κ3) is 5.58. The van der Waals surface area contributed by atoms with Gasteiger partial charge in [0.05, 0.1) is 44.0 Å². The average molecular weight is 587 g/mol. The van der Waals surface area contributed by atoms with Crippen molar-refractivity contribution in [2.45, 2.75) is 63.7 Å². The zero-order valence-electron chi connectivity index (χ0n) is 21.5. The zero-order valence-corrected chi connectivity index (χ0v) is 23.8. The van der Waals surface area contributed by atoms with Crippen molar-refractivity contribution in [2.24, 2.45) is 5.41 Å². The highest BCUT2D eigenvalue weighted by molar-refractivity contribution is 7.16. The number of rotatable bonds is 6. The summed E-state index contributed by atoms with van der Waals surface area (Å²) >= 11 is 14.3. The summed E-state index contributed by atoms with van der Waals surface area (Å²) in [7, 11) is 0. The van der Waals surface area contributed by atoms with Gasteiger partial charge in [0.1, 0.15) is 11.5 Å². The monoisotopic (exact) mass is 585 g/mol. The number of nitrogens with one attached hydrogen (secondary N) is 1. The Bertz CT molecular complexity index is 1490. The van der Waals surface area contributed by atoms with Crippen molar-refractivity contribution < 1.29 is 19.2 Å². The maximum absolute atomic E-state index is 10.6. The van der Waals surface area contributed by atoms with E-state index >= 15 is 0 Å². The summed E-state index contributed by atoms with van der Waals surface area (Å²) in [5, 5.41) is 17.8. The molecule has 2 aromatic carbocycles. The van der Waals surface area contributed by atoms with Crippen LogP contribution in [0.1, 0.15) is 66.6 Å². The first-order chi connectivity index (χ1) is 18.8. The topological polar surface area (TPSA) is 97.5 Å². The fourth-order valence-corrected chi connectivity index (χ4v) is 7.05. The van der Waals surface area contributed by atoms with Crippen LogP contribution in [0.25, 0.3) is 21.5 Å². The number of benzene rings is 2. The highest BCUT2D eigenvalue weighted by Gasteiger charge is 2.48. The molecule has 39 heavy (non-hydrogen) atoms. The van der Waals surface area contributed by atoms with E-state index < -0.39 is 5.97 Å². The van der Waals surface area contributed by atoms with Gasteiger partial charge in [-0.25, -0.2) is 9.78 Å². The molecule has 2 aromatic heterocycles. The quantitative estimate of drug-likeness (QED) is 0.241. The second-order valence-electron chi connectivity index (χ2n) is 10.9. The smallest absolute Gasteiger partial charge is 0.335 e. The number of hydrogen-bond donors (Lipinski definition) is 2. The number of halogens is 2. The zero-order chi connectivity index (χ0) is 27.1. The largest absolute Gasteiger partial charge is 0.478 e. The van der Waals surface area contributed by atoms with E-state index in [4.69, 9.17) is 37.6 Å². The molecular weight excluding hydrogens is 557 g/mol. The molecule has 4 aromatic rings. The number of carboxylic acids is 1. The van der Waals surface area contributed by atoms with Gasteiger partial charge in [0.2, 0.25) is 0 Å². The van der Waals surface area contributed by atoms with E-state index in [-0.39, 0.29) is 0 Å². The Morgan fingerprint density at radius 1 is 1.21 bits per heavy atom. The van der Waals surface area contributed by atoms with Gasteiger partial charge in [-0.2, -0.15) is 0 Å². The van der Waals surface area contributed by atoms with Gasteiger partial charge in [0.25, 0.3) is 0 Å². The van der Waals surface area contributed by atoms with Crippen LogP contribution in [0.5, 0.6) is 0 Å². The third-order valence-corrected chi connectivity index (χ3v) is 9.32. The molecule has 7 nitrogen and oxygen atoms in total. The molecule has 0 amide bonds. The summed E-state index contributed by atoms with van der Waals surface area (Å²) in [5.74, 6) is 0.509. The molecular formula is C29H29Cl2N3O4S. The number of fused-ring (bicyclic) bond motifs is 1. The van der Waals surface area contributed by atoms with Crippen LogP contribution >= 0.6 is 34.5 Å². The van der Waals surface area contributed by atoms with Gasteiger partial charge < -0.3 is 19.7 Å². The Morgan fingerprint density at radius 3 is 2.64 bits per heavy atom. The lowest BCUT2D eigenvalue weighted by Gasteiger charge is -2.44. The average Bonchev–Trinajstić information content (AvgIpc) is 3.29. The first kappa shape index (κ1) is 26.7. The van der Waals surface area contributed by atoms with E-state index in [1.54, 1.807) is 23.7 Å². The van der Waals surface area contributed by atoms with Crippen molar-refractivity contribution >= 4 is 50.7 Å². The van der Waals surface area contributed by atoms with Crippen LogP contribution in [0.3, 0.4) is 0 Å². The van der Waals surface area contributed by atoms with E-state index in [0.29, 0.717) is 45.7 Å². The molecule has 1 aliphatic heterocycles.